The zero-order valence-electron chi connectivity index (χ0n) is 13.1. The van der Waals surface area contributed by atoms with Crippen molar-refractivity contribution in [1.29, 1.82) is 0 Å². The summed E-state index contributed by atoms with van der Waals surface area (Å²) < 4.78 is 0. The number of rotatable bonds is 10. The number of aliphatic hydroxyl groups is 2. The van der Waals surface area contributed by atoms with Gasteiger partial charge in [-0.2, -0.15) is 0 Å². The minimum atomic E-state index is 0.310. The van der Waals surface area contributed by atoms with Crippen molar-refractivity contribution in [1.82, 2.24) is 0 Å². The number of aryl methyl sites for hydroxylation is 3. The maximum Gasteiger partial charge on any atom is 0.0431 e. The van der Waals surface area contributed by atoms with Crippen LogP contribution in [0, 0.1) is 13.8 Å². The molecular weight excluding hydrogens is 248 g/mol. The maximum atomic E-state index is 8.81. The standard InChI is InChI=1S/C18H30O2/c1-15-13-17(9-5-3-7-11-19)14-16(2)18(15)10-6-4-8-12-20/h13-14,19-20H,3-12H2,1-2H3. The molecule has 0 saturated carbocycles. The second kappa shape index (κ2) is 9.95. The van der Waals surface area contributed by atoms with Crippen LogP contribution in [0.4, 0.5) is 0 Å². The van der Waals surface area contributed by atoms with Gasteiger partial charge >= 0.3 is 0 Å². The smallest absolute Gasteiger partial charge is 0.0431 e. The van der Waals surface area contributed by atoms with Crippen LogP contribution < -0.4 is 0 Å². The highest BCUT2D eigenvalue weighted by Crippen LogP contribution is 2.20. The molecule has 0 fully saturated rings. The van der Waals surface area contributed by atoms with E-state index in [-0.39, 0.29) is 0 Å². The zero-order valence-corrected chi connectivity index (χ0v) is 13.1. The van der Waals surface area contributed by atoms with Gasteiger partial charge in [0.15, 0.2) is 0 Å². The molecule has 0 aliphatic carbocycles. The van der Waals surface area contributed by atoms with Gasteiger partial charge in [-0.15, -0.1) is 0 Å². The highest BCUT2D eigenvalue weighted by atomic mass is 16.3. The Labute approximate surface area is 123 Å². The van der Waals surface area contributed by atoms with Crippen LogP contribution in [0.25, 0.3) is 0 Å². The second-order valence-corrected chi connectivity index (χ2v) is 5.78. The molecule has 1 aromatic carbocycles. The lowest BCUT2D eigenvalue weighted by molar-refractivity contribution is 0.283. The summed E-state index contributed by atoms with van der Waals surface area (Å²) in [5, 5.41) is 17.6. The third-order valence-electron chi connectivity index (χ3n) is 3.96. The molecule has 1 rings (SSSR count). The van der Waals surface area contributed by atoms with E-state index in [0.717, 1.165) is 51.4 Å². The van der Waals surface area contributed by atoms with E-state index in [0.29, 0.717) is 13.2 Å². The van der Waals surface area contributed by atoms with Gasteiger partial charge in [0.2, 0.25) is 0 Å². The van der Waals surface area contributed by atoms with Gasteiger partial charge in [0.25, 0.3) is 0 Å². The minimum absolute atomic E-state index is 0.310. The number of hydrogen-bond donors (Lipinski definition) is 2. The van der Waals surface area contributed by atoms with E-state index in [1.807, 2.05) is 0 Å². The monoisotopic (exact) mass is 278 g/mol. The summed E-state index contributed by atoms with van der Waals surface area (Å²) in [6, 6.07) is 4.65. The van der Waals surface area contributed by atoms with E-state index in [4.69, 9.17) is 10.2 Å². The molecule has 20 heavy (non-hydrogen) atoms. The summed E-state index contributed by atoms with van der Waals surface area (Å²) >= 11 is 0. The van der Waals surface area contributed by atoms with Crippen LogP contribution in [0.3, 0.4) is 0 Å². The molecule has 0 saturated heterocycles. The van der Waals surface area contributed by atoms with Gasteiger partial charge in [0, 0.05) is 13.2 Å². The molecule has 0 bridgehead atoms. The summed E-state index contributed by atoms with van der Waals surface area (Å²) in [6.07, 6.45) is 8.63. The maximum absolute atomic E-state index is 8.81. The summed E-state index contributed by atoms with van der Waals surface area (Å²) in [7, 11) is 0. The topological polar surface area (TPSA) is 40.5 Å². The van der Waals surface area contributed by atoms with Crippen molar-refractivity contribution in [2.75, 3.05) is 13.2 Å². The molecule has 114 valence electrons. The van der Waals surface area contributed by atoms with Crippen molar-refractivity contribution in [3.63, 3.8) is 0 Å². The van der Waals surface area contributed by atoms with Gasteiger partial charge in [-0.1, -0.05) is 25.0 Å². The van der Waals surface area contributed by atoms with Crippen LogP contribution in [0.1, 0.15) is 60.8 Å². The molecule has 0 amide bonds. The molecule has 0 aliphatic rings. The molecule has 0 radical (unpaired) electrons. The Kier molecular flexibility index (Phi) is 8.56. The fourth-order valence-corrected chi connectivity index (χ4v) is 2.83. The third-order valence-corrected chi connectivity index (χ3v) is 3.96. The lowest BCUT2D eigenvalue weighted by atomic mass is 9.93. The van der Waals surface area contributed by atoms with Crippen LogP contribution in [0.15, 0.2) is 12.1 Å². The van der Waals surface area contributed by atoms with E-state index in [2.05, 4.69) is 26.0 Å². The third kappa shape index (κ3) is 6.06. The molecular formula is C18H30O2. The quantitative estimate of drug-likeness (QED) is 0.640. The summed E-state index contributed by atoms with van der Waals surface area (Å²) in [4.78, 5) is 0. The van der Waals surface area contributed by atoms with Gasteiger partial charge in [-0.05, 0) is 74.6 Å². The van der Waals surface area contributed by atoms with Gasteiger partial charge in [-0.25, -0.2) is 0 Å². The molecule has 0 aliphatic heterocycles. The van der Waals surface area contributed by atoms with Crippen molar-refractivity contribution < 1.29 is 10.2 Å². The normalized spacial score (nSPS) is 11.0. The van der Waals surface area contributed by atoms with Gasteiger partial charge in [0.05, 0.1) is 0 Å². The first-order valence-corrected chi connectivity index (χ1v) is 7.99. The number of benzene rings is 1. The zero-order chi connectivity index (χ0) is 14.8. The fraction of sp³-hybridized carbons (Fsp3) is 0.667. The van der Waals surface area contributed by atoms with Crippen molar-refractivity contribution >= 4 is 0 Å². The molecule has 0 atom stereocenters. The Morgan fingerprint density at radius 3 is 1.70 bits per heavy atom. The van der Waals surface area contributed by atoms with E-state index in [1.54, 1.807) is 0 Å². The first-order valence-electron chi connectivity index (χ1n) is 7.99. The SMILES string of the molecule is Cc1cc(CCCCCO)cc(C)c1CCCCCO. The number of unbranched alkanes of at least 4 members (excludes halogenated alkanes) is 4. The fourth-order valence-electron chi connectivity index (χ4n) is 2.83. The molecule has 0 heterocycles. The highest BCUT2D eigenvalue weighted by Gasteiger charge is 2.05. The van der Waals surface area contributed by atoms with Crippen LogP contribution in [0.5, 0.6) is 0 Å². The first-order chi connectivity index (χ1) is 9.69. The average Bonchev–Trinajstić information content (AvgIpc) is 2.42. The predicted octanol–water partition coefficient (Wildman–Crippen LogP) is 3.71. The Bertz CT molecular complexity index is 362. The molecule has 1 aromatic rings. The van der Waals surface area contributed by atoms with E-state index >= 15 is 0 Å². The van der Waals surface area contributed by atoms with Crippen LogP contribution in [0.2, 0.25) is 0 Å². The largest absolute Gasteiger partial charge is 0.396 e. The summed E-state index contributed by atoms with van der Waals surface area (Å²) in [5.41, 5.74) is 5.73. The predicted molar refractivity (Wildman–Crippen MR) is 85.2 cm³/mol. The molecule has 2 heteroatoms. The Hall–Kier alpha value is -0.860. The van der Waals surface area contributed by atoms with E-state index in [1.165, 1.54) is 22.3 Å². The lowest BCUT2D eigenvalue weighted by Gasteiger charge is -2.13. The van der Waals surface area contributed by atoms with Crippen molar-refractivity contribution in [3.8, 4) is 0 Å². The van der Waals surface area contributed by atoms with Crippen LogP contribution in [-0.2, 0) is 12.8 Å². The summed E-state index contributed by atoms with van der Waals surface area (Å²) in [6.45, 7) is 5.05. The molecule has 2 N–H and O–H groups in total. The van der Waals surface area contributed by atoms with E-state index in [9.17, 15) is 0 Å². The summed E-state index contributed by atoms with van der Waals surface area (Å²) in [5.74, 6) is 0. The van der Waals surface area contributed by atoms with Gasteiger partial charge in [0.1, 0.15) is 0 Å². The van der Waals surface area contributed by atoms with Crippen molar-refractivity contribution in [2.24, 2.45) is 0 Å². The molecule has 2 nitrogen and oxygen atoms in total. The Morgan fingerprint density at radius 1 is 0.700 bits per heavy atom. The minimum Gasteiger partial charge on any atom is -0.396 e. The van der Waals surface area contributed by atoms with Gasteiger partial charge in [-0.3, -0.25) is 0 Å². The second-order valence-electron chi connectivity index (χ2n) is 5.78. The Morgan fingerprint density at radius 2 is 1.20 bits per heavy atom. The molecule has 0 spiro atoms. The van der Waals surface area contributed by atoms with Crippen LogP contribution >= 0.6 is 0 Å². The lowest BCUT2D eigenvalue weighted by Crippen LogP contribution is -1.98. The Balaban J connectivity index is 2.52. The van der Waals surface area contributed by atoms with Crippen molar-refractivity contribution in [3.05, 3.63) is 34.4 Å². The number of hydrogen-bond acceptors (Lipinski definition) is 2. The van der Waals surface area contributed by atoms with Crippen molar-refractivity contribution in [2.45, 2.75) is 65.2 Å². The number of aliphatic hydroxyl groups excluding tert-OH is 2. The first kappa shape index (κ1) is 17.2. The van der Waals surface area contributed by atoms with E-state index < -0.39 is 0 Å². The average molecular weight is 278 g/mol. The molecule has 0 unspecified atom stereocenters. The van der Waals surface area contributed by atoms with Gasteiger partial charge < -0.3 is 10.2 Å². The highest BCUT2D eigenvalue weighted by molar-refractivity contribution is 5.38. The van der Waals surface area contributed by atoms with Crippen LogP contribution in [-0.4, -0.2) is 23.4 Å². The molecule has 0 aromatic heterocycles.